The predicted molar refractivity (Wildman–Crippen MR) is 102 cm³/mol. The van der Waals surface area contributed by atoms with Gasteiger partial charge in [-0.3, -0.25) is 4.79 Å². The Bertz CT molecular complexity index is 867. The zero-order valence-electron chi connectivity index (χ0n) is 14.3. The Kier molecular flexibility index (Phi) is 5.19. The van der Waals surface area contributed by atoms with Crippen LogP contribution in [0, 0.1) is 6.92 Å². The molecule has 0 fully saturated rings. The van der Waals surface area contributed by atoms with Crippen molar-refractivity contribution in [2.45, 2.75) is 26.7 Å². The van der Waals surface area contributed by atoms with E-state index in [0.29, 0.717) is 16.3 Å². The van der Waals surface area contributed by atoms with Crippen molar-refractivity contribution in [2.24, 2.45) is 0 Å². The van der Waals surface area contributed by atoms with Gasteiger partial charge in [-0.2, -0.15) is 5.10 Å². The lowest BCUT2D eigenvalue weighted by atomic mass is 10.1. The molecule has 0 bridgehead atoms. The van der Waals surface area contributed by atoms with Gasteiger partial charge < -0.3 is 5.32 Å². The van der Waals surface area contributed by atoms with Gasteiger partial charge in [0, 0.05) is 0 Å². The van der Waals surface area contributed by atoms with E-state index in [0.717, 1.165) is 29.8 Å². The molecule has 1 amide bonds. The van der Waals surface area contributed by atoms with Crippen LogP contribution in [-0.2, 0) is 6.42 Å². The topological polar surface area (TPSA) is 46.9 Å². The summed E-state index contributed by atoms with van der Waals surface area (Å²) < 4.78 is 1.83. The number of halogens is 1. The molecule has 0 unspecified atom stereocenters. The third-order valence-corrected chi connectivity index (χ3v) is 4.38. The zero-order chi connectivity index (χ0) is 17.8. The van der Waals surface area contributed by atoms with Crippen LogP contribution < -0.4 is 5.32 Å². The summed E-state index contributed by atoms with van der Waals surface area (Å²) in [4.78, 5) is 12.8. The number of amides is 1. The van der Waals surface area contributed by atoms with Crippen LogP contribution in [0.1, 0.15) is 35.0 Å². The van der Waals surface area contributed by atoms with Gasteiger partial charge in [0.25, 0.3) is 5.91 Å². The number of benzene rings is 2. The molecule has 0 radical (unpaired) electrons. The van der Waals surface area contributed by atoms with E-state index < -0.39 is 0 Å². The predicted octanol–water partition coefficient (Wildman–Crippen LogP) is 5.04. The quantitative estimate of drug-likeness (QED) is 0.698. The fraction of sp³-hybridized carbons (Fsp3) is 0.200. The second kappa shape index (κ2) is 7.53. The zero-order valence-corrected chi connectivity index (χ0v) is 15.0. The van der Waals surface area contributed by atoms with Crippen LogP contribution in [0.4, 0.5) is 5.69 Å². The van der Waals surface area contributed by atoms with Gasteiger partial charge in [0.15, 0.2) is 0 Å². The highest BCUT2D eigenvalue weighted by Gasteiger charge is 2.19. The van der Waals surface area contributed by atoms with E-state index in [4.69, 9.17) is 11.6 Å². The van der Waals surface area contributed by atoms with Crippen molar-refractivity contribution in [3.63, 3.8) is 0 Å². The smallest absolute Gasteiger partial charge is 0.259 e. The minimum atomic E-state index is -0.193. The van der Waals surface area contributed by atoms with Gasteiger partial charge in [0.05, 0.1) is 33.9 Å². The standard InChI is InChI=1S/C20H20ClN3O/c1-3-8-18-16(13-22-24(18)15-10-5-4-6-11-15)20(25)23-19-14(2)9-7-12-17(19)21/h4-7,9-13H,3,8H2,1-2H3,(H,23,25). The van der Waals surface area contributed by atoms with E-state index in [2.05, 4.69) is 17.3 Å². The third kappa shape index (κ3) is 3.59. The second-order valence-electron chi connectivity index (χ2n) is 5.89. The Hall–Kier alpha value is -2.59. The first-order valence-corrected chi connectivity index (χ1v) is 8.68. The first-order valence-electron chi connectivity index (χ1n) is 8.30. The Morgan fingerprint density at radius 1 is 1.16 bits per heavy atom. The molecule has 4 nitrogen and oxygen atoms in total. The van der Waals surface area contributed by atoms with E-state index in [9.17, 15) is 4.79 Å². The molecular formula is C20H20ClN3O. The first kappa shape index (κ1) is 17.2. The van der Waals surface area contributed by atoms with Crippen molar-refractivity contribution in [2.75, 3.05) is 5.32 Å². The molecule has 3 rings (SSSR count). The molecule has 0 aliphatic rings. The Morgan fingerprint density at radius 2 is 1.92 bits per heavy atom. The van der Waals surface area contributed by atoms with Crippen LogP contribution in [-0.4, -0.2) is 15.7 Å². The van der Waals surface area contributed by atoms with Gasteiger partial charge in [0.1, 0.15) is 0 Å². The SMILES string of the molecule is CCCc1c(C(=O)Nc2c(C)cccc2Cl)cnn1-c1ccccc1. The molecule has 5 heteroatoms. The van der Waals surface area contributed by atoms with Crippen LogP contribution in [0.2, 0.25) is 5.02 Å². The maximum Gasteiger partial charge on any atom is 0.259 e. The molecule has 128 valence electrons. The molecule has 1 N–H and O–H groups in total. The number of nitrogens with one attached hydrogen (secondary N) is 1. The van der Waals surface area contributed by atoms with Crippen molar-refractivity contribution in [1.82, 2.24) is 9.78 Å². The molecular weight excluding hydrogens is 334 g/mol. The number of carbonyl (C=O) groups is 1. The summed E-state index contributed by atoms with van der Waals surface area (Å²) in [6.07, 6.45) is 3.31. The largest absolute Gasteiger partial charge is 0.320 e. The summed E-state index contributed by atoms with van der Waals surface area (Å²) in [6, 6.07) is 15.4. The third-order valence-electron chi connectivity index (χ3n) is 4.06. The second-order valence-corrected chi connectivity index (χ2v) is 6.30. The molecule has 25 heavy (non-hydrogen) atoms. The monoisotopic (exact) mass is 353 g/mol. The number of rotatable bonds is 5. The highest BCUT2D eigenvalue weighted by molar-refractivity contribution is 6.34. The van der Waals surface area contributed by atoms with E-state index in [1.807, 2.05) is 54.1 Å². The van der Waals surface area contributed by atoms with Gasteiger partial charge in [0.2, 0.25) is 0 Å². The van der Waals surface area contributed by atoms with Crippen molar-refractivity contribution >= 4 is 23.2 Å². The molecule has 0 atom stereocenters. The molecule has 0 saturated carbocycles. The Balaban J connectivity index is 1.97. The van der Waals surface area contributed by atoms with Gasteiger partial charge >= 0.3 is 0 Å². The van der Waals surface area contributed by atoms with Crippen molar-refractivity contribution in [1.29, 1.82) is 0 Å². The summed E-state index contributed by atoms with van der Waals surface area (Å²) in [7, 11) is 0. The number of hydrogen-bond donors (Lipinski definition) is 1. The number of carbonyl (C=O) groups excluding carboxylic acids is 1. The van der Waals surface area contributed by atoms with Gasteiger partial charge in [-0.05, 0) is 37.1 Å². The van der Waals surface area contributed by atoms with Gasteiger partial charge in [-0.15, -0.1) is 0 Å². The Labute approximate surface area is 152 Å². The van der Waals surface area contributed by atoms with Gasteiger partial charge in [-0.25, -0.2) is 4.68 Å². The van der Waals surface area contributed by atoms with Crippen LogP contribution >= 0.6 is 11.6 Å². The fourth-order valence-corrected chi connectivity index (χ4v) is 3.07. The minimum absolute atomic E-state index is 0.193. The highest BCUT2D eigenvalue weighted by atomic mass is 35.5. The molecule has 0 aliphatic carbocycles. The molecule has 0 saturated heterocycles. The fourth-order valence-electron chi connectivity index (χ4n) is 2.80. The number of anilines is 1. The maximum absolute atomic E-state index is 12.8. The van der Waals surface area contributed by atoms with Crippen LogP contribution in [0.15, 0.2) is 54.7 Å². The molecule has 1 heterocycles. The summed E-state index contributed by atoms with van der Waals surface area (Å²) in [6.45, 7) is 4.00. The van der Waals surface area contributed by atoms with E-state index in [1.165, 1.54) is 0 Å². The van der Waals surface area contributed by atoms with Crippen molar-refractivity contribution in [3.8, 4) is 5.69 Å². The lowest BCUT2D eigenvalue weighted by molar-refractivity contribution is 0.102. The number of nitrogens with zero attached hydrogens (tertiary/aromatic N) is 2. The van der Waals surface area contributed by atoms with Crippen LogP contribution in [0.25, 0.3) is 5.69 Å². The number of aryl methyl sites for hydroxylation is 1. The summed E-state index contributed by atoms with van der Waals surface area (Å²) >= 11 is 6.23. The van der Waals surface area contributed by atoms with Crippen molar-refractivity contribution < 1.29 is 4.79 Å². The lowest BCUT2D eigenvalue weighted by Crippen LogP contribution is -2.15. The van der Waals surface area contributed by atoms with E-state index in [-0.39, 0.29) is 5.91 Å². The molecule has 3 aromatic rings. The van der Waals surface area contributed by atoms with E-state index >= 15 is 0 Å². The normalized spacial score (nSPS) is 10.7. The van der Waals surface area contributed by atoms with Crippen LogP contribution in [0.5, 0.6) is 0 Å². The number of aromatic nitrogens is 2. The average Bonchev–Trinajstić information content (AvgIpc) is 3.03. The molecule has 1 aromatic heterocycles. The molecule has 2 aromatic carbocycles. The van der Waals surface area contributed by atoms with E-state index in [1.54, 1.807) is 12.3 Å². The molecule has 0 spiro atoms. The Morgan fingerprint density at radius 3 is 2.60 bits per heavy atom. The van der Waals surface area contributed by atoms with Gasteiger partial charge in [-0.1, -0.05) is 55.3 Å². The summed E-state index contributed by atoms with van der Waals surface area (Å²) in [5, 5.41) is 7.90. The maximum atomic E-state index is 12.8. The lowest BCUT2D eigenvalue weighted by Gasteiger charge is -2.12. The highest BCUT2D eigenvalue weighted by Crippen LogP contribution is 2.26. The van der Waals surface area contributed by atoms with Crippen LogP contribution in [0.3, 0.4) is 0 Å². The summed E-state index contributed by atoms with van der Waals surface area (Å²) in [5.41, 5.74) is 3.98. The van der Waals surface area contributed by atoms with Crippen molar-refractivity contribution in [3.05, 3.63) is 76.6 Å². The molecule has 0 aliphatic heterocycles. The average molecular weight is 354 g/mol. The summed E-state index contributed by atoms with van der Waals surface area (Å²) in [5.74, 6) is -0.193. The minimum Gasteiger partial charge on any atom is -0.320 e. The first-order chi connectivity index (χ1) is 12.1. The number of hydrogen-bond acceptors (Lipinski definition) is 2. The number of para-hydroxylation sites is 2.